The lowest BCUT2D eigenvalue weighted by Crippen LogP contribution is -2.28. The van der Waals surface area contributed by atoms with E-state index in [4.69, 9.17) is 4.74 Å². The summed E-state index contributed by atoms with van der Waals surface area (Å²) < 4.78 is 10.6. The molecule has 1 aliphatic heterocycles. The van der Waals surface area contributed by atoms with Gasteiger partial charge in [-0.1, -0.05) is 57.6 Å². The van der Waals surface area contributed by atoms with Crippen molar-refractivity contribution in [2.24, 2.45) is 17.8 Å². The molecule has 0 aromatic rings. The number of carbonyl (C=O) groups is 1. The Hall–Kier alpha value is -0.870. The number of hydrogen-bond donors (Lipinski definition) is 1. The standard InChI is InChI=1S/C22H38O4/c1-3-4-7-10-18(23)13-14-20-19(17-15-21(20)26-16-17)11-8-5-6-9-12-22(24)25-2/h13-14,17-21,23H,3-12,15-16H2,1-2H3/b14-13+. The van der Waals surface area contributed by atoms with Gasteiger partial charge in [0.25, 0.3) is 0 Å². The average Bonchev–Trinajstić information content (AvgIpc) is 3.24. The minimum atomic E-state index is -0.306. The summed E-state index contributed by atoms with van der Waals surface area (Å²) in [5.74, 6) is 1.78. The lowest BCUT2D eigenvalue weighted by atomic mass is 9.83. The smallest absolute Gasteiger partial charge is 0.305 e. The van der Waals surface area contributed by atoms with E-state index >= 15 is 0 Å². The molecule has 0 spiro atoms. The van der Waals surface area contributed by atoms with Gasteiger partial charge in [0.2, 0.25) is 0 Å². The van der Waals surface area contributed by atoms with Crippen molar-refractivity contribution in [3.05, 3.63) is 12.2 Å². The van der Waals surface area contributed by atoms with Crippen LogP contribution in [0.5, 0.6) is 0 Å². The molecule has 150 valence electrons. The molecule has 0 radical (unpaired) electrons. The number of hydrogen-bond acceptors (Lipinski definition) is 4. The van der Waals surface area contributed by atoms with Gasteiger partial charge in [0.05, 0.1) is 25.9 Å². The van der Waals surface area contributed by atoms with Gasteiger partial charge in [-0.25, -0.2) is 0 Å². The molecule has 5 unspecified atom stereocenters. The molecule has 1 heterocycles. The summed E-state index contributed by atoms with van der Waals surface area (Å²) in [6.45, 7) is 3.11. The van der Waals surface area contributed by atoms with Crippen molar-refractivity contribution < 1.29 is 19.4 Å². The van der Waals surface area contributed by atoms with Crippen molar-refractivity contribution in [3.63, 3.8) is 0 Å². The number of rotatable bonds is 13. The van der Waals surface area contributed by atoms with E-state index in [0.717, 1.165) is 32.3 Å². The molecule has 0 aromatic heterocycles. The van der Waals surface area contributed by atoms with E-state index in [0.29, 0.717) is 30.3 Å². The summed E-state index contributed by atoms with van der Waals surface area (Å²) >= 11 is 0. The van der Waals surface area contributed by atoms with Crippen LogP contribution in [0.25, 0.3) is 0 Å². The topological polar surface area (TPSA) is 55.8 Å². The monoisotopic (exact) mass is 366 g/mol. The van der Waals surface area contributed by atoms with E-state index in [1.165, 1.54) is 45.6 Å². The maximum Gasteiger partial charge on any atom is 0.305 e. The van der Waals surface area contributed by atoms with Crippen LogP contribution in [0.3, 0.4) is 0 Å². The maximum atomic E-state index is 11.1. The van der Waals surface area contributed by atoms with Crippen molar-refractivity contribution in [2.45, 2.75) is 89.8 Å². The zero-order valence-electron chi connectivity index (χ0n) is 16.7. The molecule has 2 fully saturated rings. The zero-order chi connectivity index (χ0) is 18.8. The average molecular weight is 367 g/mol. The van der Waals surface area contributed by atoms with E-state index in [2.05, 4.69) is 17.7 Å². The minimum Gasteiger partial charge on any atom is -0.469 e. The molecule has 2 rings (SSSR count). The summed E-state index contributed by atoms with van der Waals surface area (Å²) in [4.78, 5) is 11.1. The van der Waals surface area contributed by atoms with E-state index in [-0.39, 0.29) is 12.1 Å². The Balaban J connectivity index is 1.69. The quantitative estimate of drug-likeness (QED) is 0.293. The largest absolute Gasteiger partial charge is 0.469 e. The first kappa shape index (κ1) is 21.4. The van der Waals surface area contributed by atoms with E-state index < -0.39 is 0 Å². The Morgan fingerprint density at radius 2 is 2.04 bits per heavy atom. The minimum absolute atomic E-state index is 0.0991. The van der Waals surface area contributed by atoms with Gasteiger partial charge < -0.3 is 14.6 Å². The highest BCUT2D eigenvalue weighted by molar-refractivity contribution is 5.68. The first-order valence-electron chi connectivity index (χ1n) is 10.7. The summed E-state index contributed by atoms with van der Waals surface area (Å²) in [5.41, 5.74) is 0. The molecule has 1 N–H and O–H groups in total. The second-order valence-electron chi connectivity index (χ2n) is 8.09. The molecule has 1 saturated carbocycles. The molecule has 1 saturated heterocycles. The number of aliphatic hydroxyl groups excluding tert-OH is 1. The van der Waals surface area contributed by atoms with Gasteiger partial charge in [-0.3, -0.25) is 4.79 Å². The van der Waals surface area contributed by atoms with Gasteiger partial charge in [-0.15, -0.1) is 0 Å². The summed E-state index contributed by atoms with van der Waals surface area (Å²) in [6.07, 6.45) is 16.1. The van der Waals surface area contributed by atoms with Gasteiger partial charge in [0, 0.05) is 12.3 Å². The normalized spacial score (nSPS) is 28.7. The molecule has 1 aliphatic carbocycles. The van der Waals surface area contributed by atoms with Crippen molar-refractivity contribution in [3.8, 4) is 0 Å². The van der Waals surface area contributed by atoms with Gasteiger partial charge in [0.1, 0.15) is 0 Å². The molecular formula is C22H38O4. The number of unbranched alkanes of at least 4 members (excludes halogenated alkanes) is 5. The number of carbonyl (C=O) groups excluding carboxylic acids is 1. The van der Waals surface area contributed by atoms with Crippen LogP contribution in [0.1, 0.15) is 77.6 Å². The van der Waals surface area contributed by atoms with Crippen molar-refractivity contribution in [2.75, 3.05) is 13.7 Å². The number of aliphatic hydroxyl groups is 1. The molecule has 2 bridgehead atoms. The summed E-state index contributed by atoms with van der Waals surface area (Å²) in [5, 5.41) is 10.2. The highest BCUT2D eigenvalue weighted by Gasteiger charge is 2.46. The lowest BCUT2D eigenvalue weighted by Gasteiger charge is -2.29. The van der Waals surface area contributed by atoms with Crippen molar-refractivity contribution in [1.82, 2.24) is 0 Å². The predicted molar refractivity (Wildman–Crippen MR) is 104 cm³/mol. The molecule has 4 heteroatoms. The fraction of sp³-hybridized carbons (Fsp3) is 0.864. The highest BCUT2D eigenvalue weighted by Crippen LogP contribution is 2.47. The SMILES string of the molecule is CCCCCC(O)/C=C/C1C2CC(CO2)C1CCCCCCC(=O)OC. The first-order chi connectivity index (χ1) is 12.7. The number of ether oxygens (including phenoxy) is 2. The third-order valence-corrected chi connectivity index (χ3v) is 6.14. The van der Waals surface area contributed by atoms with Crippen LogP contribution in [0, 0.1) is 17.8 Å². The van der Waals surface area contributed by atoms with Gasteiger partial charge in [-0.2, -0.15) is 0 Å². The van der Waals surface area contributed by atoms with Crippen LogP contribution in [0.4, 0.5) is 0 Å². The predicted octanol–water partition coefficient (Wildman–Crippen LogP) is 4.65. The van der Waals surface area contributed by atoms with Crippen LogP contribution in [0.2, 0.25) is 0 Å². The third kappa shape index (κ3) is 6.70. The Bertz CT molecular complexity index is 434. The summed E-state index contributed by atoms with van der Waals surface area (Å²) in [7, 11) is 1.45. The number of methoxy groups -OCH3 is 1. The van der Waals surface area contributed by atoms with Crippen LogP contribution in [-0.4, -0.2) is 37.0 Å². The number of esters is 1. The molecule has 0 aromatic carbocycles. The van der Waals surface area contributed by atoms with E-state index in [1.54, 1.807) is 0 Å². The van der Waals surface area contributed by atoms with Gasteiger partial charge in [-0.05, 0) is 37.5 Å². The Labute approximate surface area is 159 Å². The van der Waals surface area contributed by atoms with Gasteiger partial charge >= 0.3 is 5.97 Å². The van der Waals surface area contributed by atoms with Crippen LogP contribution in [0.15, 0.2) is 12.2 Å². The van der Waals surface area contributed by atoms with Crippen molar-refractivity contribution in [1.29, 1.82) is 0 Å². The second kappa shape index (κ2) is 11.8. The summed E-state index contributed by atoms with van der Waals surface area (Å²) in [6, 6.07) is 0. The molecule has 2 aliphatic rings. The van der Waals surface area contributed by atoms with E-state index in [9.17, 15) is 9.90 Å². The third-order valence-electron chi connectivity index (χ3n) is 6.14. The van der Waals surface area contributed by atoms with Crippen LogP contribution >= 0.6 is 0 Å². The molecule has 0 amide bonds. The molecular weight excluding hydrogens is 328 g/mol. The molecule has 26 heavy (non-hydrogen) atoms. The first-order valence-corrected chi connectivity index (χ1v) is 10.7. The van der Waals surface area contributed by atoms with E-state index in [1.807, 2.05) is 6.08 Å². The Kier molecular flexibility index (Phi) is 9.69. The fourth-order valence-corrected chi connectivity index (χ4v) is 4.59. The fourth-order valence-electron chi connectivity index (χ4n) is 4.59. The van der Waals surface area contributed by atoms with Crippen molar-refractivity contribution >= 4 is 5.97 Å². The Morgan fingerprint density at radius 1 is 1.23 bits per heavy atom. The zero-order valence-corrected chi connectivity index (χ0v) is 16.7. The number of fused-ring (bicyclic) bond motifs is 2. The molecule has 5 atom stereocenters. The lowest BCUT2D eigenvalue weighted by molar-refractivity contribution is -0.140. The Morgan fingerprint density at radius 3 is 2.81 bits per heavy atom. The maximum absolute atomic E-state index is 11.1. The van der Waals surface area contributed by atoms with Crippen LogP contribution in [-0.2, 0) is 14.3 Å². The highest BCUT2D eigenvalue weighted by atomic mass is 16.5. The van der Waals surface area contributed by atoms with Gasteiger partial charge in [0.15, 0.2) is 0 Å². The molecule has 4 nitrogen and oxygen atoms in total. The van der Waals surface area contributed by atoms with Crippen LogP contribution < -0.4 is 0 Å². The second-order valence-corrected chi connectivity index (χ2v) is 8.09.